The fourth-order valence-corrected chi connectivity index (χ4v) is 2.10. The molecular formula is C12H13NO. The number of hydrogen-bond acceptors (Lipinski definition) is 2. The lowest BCUT2D eigenvalue weighted by Gasteiger charge is -2.30. The van der Waals surface area contributed by atoms with Gasteiger partial charge < -0.3 is 10.2 Å². The molecule has 0 atom stereocenters. The van der Waals surface area contributed by atoms with E-state index in [0.29, 0.717) is 12.0 Å². The second kappa shape index (κ2) is 2.85. The highest BCUT2D eigenvalue weighted by Crippen LogP contribution is 2.38. The van der Waals surface area contributed by atoms with Crippen LogP contribution in [0.3, 0.4) is 0 Å². The average molecular weight is 187 g/mol. The van der Waals surface area contributed by atoms with Crippen molar-refractivity contribution in [1.82, 2.24) is 0 Å². The molecule has 3 rings (SSSR count). The van der Waals surface area contributed by atoms with Gasteiger partial charge in [0.15, 0.2) is 0 Å². The average Bonchev–Trinajstić information content (AvgIpc) is 2.55. The smallest absolute Gasteiger partial charge is 0.134 e. The van der Waals surface area contributed by atoms with Crippen LogP contribution in [0.2, 0.25) is 0 Å². The van der Waals surface area contributed by atoms with Crippen molar-refractivity contribution < 1.29 is 4.42 Å². The highest BCUT2D eigenvalue weighted by atomic mass is 16.3. The van der Waals surface area contributed by atoms with Crippen LogP contribution in [-0.4, -0.2) is 6.04 Å². The summed E-state index contributed by atoms with van der Waals surface area (Å²) in [5.74, 6) is 1.66. The zero-order chi connectivity index (χ0) is 9.54. The zero-order valence-electron chi connectivity index (χ0n) is 7.94. The first-order valence-electron chi connectivity index (χ1n) is 5.07. The van der Waals surface area contributed by atoms with Crippen molar-refractivity contribution in [2.75, 3.05) is 0 Å². The van der Waals surface area contributed by atoms with Crippen LogP contribution in [0.15, 0.2) is 34.7 Å². The molecule has 0 aliphatic heterocycles. The lowest BCUT2D eigenvalue weighted by atomic mass is 9.79. The molecule has 0 spiro atoms. The second-order valence-corrected chi connectivity index (χ2v) is 4.12. The number of furan rings is 1. The number of rotatable bonds is 1. The molecule has 0 bridgehead atoms. The van der Waals surface area contributed by atoms with E-state index in [1.807, 2.05) is 18.2 Å². The monoisotopic (exact) mass is 187 g/mol. The summed E-state index contributed by atoms with van der Waals surface area (Å²) < 4.78 is 5.76. The summed E-state index contributed by atoms with van der Waals surface area (Å²) >= 11 is 0. The van der Waals surface area contributed by atoms with Gasteiger partial charge >= 0.3 is 0 Å². The van der Waals surface area contributed by atoms with Crippen LogP contribution in [0.5, 0.6) is 0 Å². The molecular weight excluding hydrogens is 174 g/mol. The van der Waals surface area contributed by atoms with E-state index in [1.54, 1.807) is 0 Å². The van der Waals surface area contributed by atoms with Crippen LogP contribution in [0, 0.1) is 0 Å². The first kappa shape index (κ1) is 8.06. The van der Waals surface area contributed by atoms with Crippen LogP contribution >= 0.6 is 0 Å². The van der Waals surface area contributed by atoms with Gasteiger partial charge in [0.2, 0.25) is 0 Å². The van der Waals surface area contributed by atoms with E-state index in [9.17, 15) is 0 Å². The molecule has 1 aromatic heterocycles. The molecule has 2 N–H and O–H groups in total. The van der Waals surface area contributed by atoms with Gasteiger partial charge in [0.25, 0.3) is 0 Å². The minimum Gasteiger partial charge on any atom is -0.461 e. The van der Waals surface area contributed by atoms with Crippen molar-refractivity contribution in [2.45, 2.75) is 24.8 Å². The van der Waals surface area contributed by atoms with Crippen molar-refractivity contribution in [3.05, 3.63) is 36.1 Å². The Labute approximate surface area is 82.7 Å². The molecule has 1 aliphatic carbocycles. The predicted molar refractivity (Wildman–Crippen MR) is 56.2 cm³/mol. The lowest BCUT2D eigenvalue weighted by molar-refractivity contribution is 0.308. The minimum atomic E-state index is 0.383. The molecule has 1 aromatic carbocycles. The van der Waals surface area contributed by atoms with Crippen LogP contribution in [0.1, 0.15) is 24.5 Å². The molecule has 0 unspecified atom stereocenters. The third-order valence-electron chi connectivity index (χ3n) is 3.02. The highest BCUT2D eigenvalue weighted by Gasteiger charge is 2.29. The molecule has 2 heteroatoms. The van der Waals surface area contributed by atoms with E-state index in [0.717, 1.165) is 24.2 Å². The summed E-state index contributed by atoms with van der Waals surface area (Å²) in [5.41, 5.74) is 6.75. The standard InChI is InChI=1S/C12H13NO/c13-10-5-9(6-10)12-7-8-3-1-2-4-11(8)14-12/h1-4,7,9-10H,5-6,13H2. The summed E-state index contributed by atoms with van der Waals surface area (Å²) in [4.78, 5) is 0. The SMILES string of the molecule is NC1CC(c2cc3ccccc3o2)C1. The Hall–Kier alpha value is -1.28. The van der Waals surface area contributed by atoms with Crippen LogP contribution in [-0.2, 0) is 0 Å². The van der Waals surface area contributed by atoms with Gasteiger partial charge in [0.05, 0.1) is 0 Å². The van der Waals surface area contributed by atoms with Crippen molar-refractivity contribution in [3.63, 3.8) is 0 Å². The maximum Gasteiger partial charge on any atom is 0.134 e. The maximum absolute atomic E-state index is 5.76. The molecule has 2 aromatic rings. The van der Waals surface area contributed by atoms with Gasteiger partial charge in [-0.25, -0.2) is 0 Å². The van der Waals surface area contributed by atoms with Gasteiger partial charge in [-0.3, -0.25) is 0 Å². The van der Waals surface area contributed by atoms with Crippen LogP contribution in [0.25, 0.3) is 11.0 Å². The van der Waals surface area contributed by atoms with Crippen molar-refractivity contribution in [2.24, 2.45) is 5.73 Å². The molecule has 1 saturated carbocycles. The van der Waals surface area contributed by atoms with E-state index in [-0.39, 0.29) is 0 Å². The zero-order valence-corrected chi connectivity index (χ0v) is 7.94. The Balaban J connectivity index is 1.99. The van der Waals surface area contributed by atoms with E-state index in [4.69, 9.17) is 10.2 Å². The summed E-state index contributed by atoms with van der Waals surface area (Å²) in [5, 5.41) is 1.20. The minimum absolute atomic E-state index is 0.383. The van der Waals surface area contributed by atoms with Crippen LogP contribution < -0.4 is 5.73 Å². The van der Waals surface area contributed by atoms with Gasteiger partial charge in [0, 0.05) is 17.3 Å². The highest BCUT2D eigenvalue weighted by molar-refractivity contribution is 5.77. The Morgan fingerprint density at radius 3 is 2.71 bits per heavy atom. The molecule has 72 valence electrons. The Morgan fingerprint density at radius 2 is 2.00 bits per heavy atom. The molecule has 0 radical (unpaired) electrons. The Kier molecular flexibility index (Phi) is 1.64. The van der Waals surface area contributed by atoms with Gasteiger partial charge in [-0.05, 0) is 25.0 Å². The number of benzene rings is 1. The number of hydrogen-bond donors (Lipinski definition) is 1. The van der Waals surface area contributed by atoms with Crippen molar-refractivity contribution in [1.29, 1.82) is 0 Å². The van der Waals surface area contributed by atoms with Crippen molar-refractivity contribution in [3.8, 4) is 0 Å². The predicted octanol–water partition coefficient (Wildman–Crippen LogP) is 2.64. The third kappa shape index (κ3) is 1.15. The van der Waals surface area contributed by atoms with E-state index in [1.165, 1.54) is 5.39 Å². The molecule has 2 nitrogen and oxygen atoms in total. The largest absolute Gasteiger partial charge is 0.461 e. The van der Waals surface area contributed by atoms with E-state index >= 15 is 0 Å². The Bertz CT molecular complexity index is 421. The number of nitrogens with two attached hydrogens (primary N) is 1. The molecule has 14 heavy (non-hydrogen) atoms. The fraction of sp³-hybridized carbons (Fsp3) is 0.333. The van der Waals surface area contributed by atoms with Gasteiger partial charge in [0.1, 0.15) is 11.3 Å². The summed E-state index contributed by atoms with van der Waals surface area (Å²) in [6.07, 6.45) is 2.14. The molecule has 1 aliphatic rings. The quantitative estimate of drug-likeness (QED) is 0.745. The summed E-state index contributed by atoms with van der Waals surface area (Å²) in [7, 11) is 0. The molecule has 0 amide bonds. The molecule has 1 heterocycles. The summed E-state index contributed by atoms with van der Waals surface area (Å²) in [6, 6.07) is 10.7. The van der Waals surface area contributed by atoms with Gasteiger partial charge in [-0.1, -0.05) is 18.2 Å². The molecule has 0 saturated heterocycles. The van der Waals surface area contributed by atoms with E-state index < -0.39 is 0 Å². The normalized spacial score (nSPS) is 26.4. The lowest BCUT2D eigenvalue weighted by Crippen LogP contribution is -2.34. The Morgan fingerprint density at radius 1 is 1.21 bits per heavy atom. The summed E-state index contributed by atoms with van der Waals surface area (Å²) in [6.45, 7) is 0. The fourth-order valence-electron chi connectivity index (χ4n) is 2.10. The van der Waals surface area contributed by atoms with Crippen molar-refractivity contribution >= 4 is 11.0 Å². The van der Waals surface area contributed by atoms with Gasteiger partial charge in [-0.15, -0.1) is 0 Å². The number of fused-ring (bicyclic) bond motifs is 1. The van der Waals surface area contributed by atoms with Gasteiger partial charge in [-0.2, -0.15) is 0 Å². The number of para-hydroxylation sites is 1. The van der Waals surface area contributed by atoms with E-state index in [2.05, 4.69) is 12.1 Å². The maximum atomic E-state index is 5.76. The first-order valence-corrected chi connectivity index (χ1v) is 5.07. The van der Waals surface area contributed by atoms with Crippen LogP contribution in [0.4, 0.5) is 0 Å². The topological polar surface area (TPSA) is 39.2 Å². The third-order valence-corrected chi connectivity index (χ3v) is 3.02. The second-order valence-electron chi connectivity index (χ2n) is 4.12. The molecule has 1 fully saturated rings. The first-order chi connectivity index (χ1) is 6.83.